The lowest BCUT2D eigenvalue weighted by molar-refractivity contribution is 0.0956. The second-order valence-electron chi connectivity index (χ2n) is 5.70. The van der Waals surface area contributed by atoms with Gasteiger partial charge in [0.15, 0.2) is 11.5 Å². The van der Waals surface area contributed by atoms with Gasteiger partial charge in [-0.1, -0.05) is 0 Å². The van der Waals surface area contributed by atoms with Crippen molar-refractivity contribution in [3.05, 3.63) is 48.0 Å². The first kappa shape index (κ1) is 18.1. The zero-order valence-electron chi connectivity index (χ0n) is 14.3. The lowest BCUT2D eigenvalue weighted by atomic mass is 10.2. The van der Waals surface area contributed by atoms with E-state index >= 15 is 0 Å². The highest BCUT2D eigenvalue weighted by Gasteiger charge is 2.19. The summed E-state index contributed by atoms with van der Waals surface area (Å²) in [5.74, 6) is 0.745. The van der Waals surface area contributed by atoms with Gasteiger partial charge in [0, 0.05) is 30.3 Å². The normalized spacial score (nSPS) is 13.6. The van der Waals surface area contributed by atoms with E-state index in [1.807, 2.05) is 6.92 Å². The number of amides is 1. The molecule has 1 heterocycles. The van der Waals surface area contributed by atoms with E-state index in [2.05, 4.69) is 10.0 Å². The van der Waals surface area contributed by atoms with Gasteiger partial charge in [-0.2, -0.15) is 0 Å². The molecule has 0 aliphatic carbocycles. The van der Waals surface area contributed by atoms with Crippen LogP contribution >= 0.6 is 0 Å². The Kier molecular flexibility index (Phi) is 5.32. The monoisotopic (exact) mass is 376 g/mol. The summed E-state index contributed by atoms with van der Waals surface area (Å²) in [6.07, 6.45) is 0.743. The van der Waals surface area contributed by atoms with Crippen LogP contribution in [0.15, 0.2) is 47.4 Å². The summed E-state index contributed by atoms with van der Waals surface area (Å²) in [4.78, 5) is 11.8. The summed E-state index contributed by atoms with van der Waals surface area (Å²) in [5, 5.41) is 2.69. The average molecular weight is 376 g/mol. The molecule has 0 atom stereocenters. The number of hydrogen-bond donors (Lipinski definition) is 2. The number of ether oxygens (including phenoxy) is 2. The van der Waals surface area contributed by atoms with Crippen molar-refractivity contribution in [1.82, 2.24) is 5.32 Å². The molecule has 0 saturated heterocycles. The first-order valence-electron chi connectivity index (χ1n) is 8.30. The molecule has 0 saturated carbocycles. The average Bonchev–Trinajstić information content (AvgIpc) is 2.87. The van der Waals surface area contributed by atoms with Gasteiger partial charge in [-0.25, -0.2) is 8.42 Å². The molecule has 2 aromatic rings. The second kappa shape index (κ2) is 7.65. The van der Waals surface area contributed by atoms with Crippen LogP contribution in [0.2, 0.25) is 0 Å². The fourth-order valence-corrected chi connectivity index (χ4v) is 3.55. The Morgan fingerprint density at radius 3 is 2.42 bits per heavy atom. The number of benzene rings is 2. The van der Waals surface area contributed by atoms with Gasteiger partial charge < -0.3 is 14.8 Å². The molecule has 1 amide bonds. The third-order valence-electron chi connectivity index (χ3n) is 3.77. The van der Waals surface area contributed by atoms with Crippen molar-refractivity contribution >= 4 is 21.6 Å². The maximum Gasteiger partial charge on any atom is 0.262 e. The van der Waals surface area contributed by atoms with Crippen molar-refractivity contribution in [3.8, 4) is 11.5 Å². The highest BCUT2D eigenvalue weighted by molar-refractivity contribution is 7.92. The van der Waals surface area contributed by atoms with Crippen molar-refractivity contribution in [3.63, 3.8) is 0 Å². The smallest absolute Gasteiger partial charge is 0.262 e. The van der Waals surface area contributed by atoms with Crippen molar-refractivity contribution in [2.75, 3.05) is 24.5 Å². The van der Waals surface area contributed by atoms with Crippen LogP contribution in [0, 0.1) is 0 Å². The van der Waals surface area contributed by atoms with E-state index in [1.165, 1.54) is 12.1 Å². The molecule has 0 radical (unpaired) electrons. The number of rotatable bonds is 5. The fraction of sp³-hybridized carbons (Fsp3) is 0.278. The van der Waals surface area contributed by atoms with Gasteiger partial charge in [0.05, 0.1) is 18.1 Å². The number of nitrogens with one attached hydrogen (secondary N) is 2. The zero-order valence-corrected chi connectivity index (χ0v) is 15.1. The summed E-state index contributed by atoms with van der Waals surface area (Å²) in [6.45, 7) is 3.37. The first-order valence-corrected chi connectivity index (χ1v) is 9.78. The van der Waals surface area contributed by atoms with Gasteiger partial charge in [-0.15, -0.1) is 0 Å². The summed E-state index contributed by atoms with van der Waals surface area (Å²) < 4.78 is 38.8. The fourth-order valence-electron chi connectivity index (χ4n) is 2.48. The van der Waals surface area contributed by atoms with Gasteiger partial charge in [0.2, 0.25) is 0 Å². The largest absolute Gasteiger partial charge is 0.490 e. The molecule has 0 unspecified atom stereocenters. The predicted octanol–water partition coefficient (Wildman–Crippen LogP) is 2.40. The van der Waals surface area contributed by atoms with Crippen LogP contribution in [0.5, 0.6) is 11.5 Å². The van der Waals surface area contributed by atoms with Gasteiger partial charge in [-0.05, 0) is 43.3 Å². The molecule has 0 fully saturated rings. The molecule has 0 aromatic heterocycles. The third-order valence-corrected chi connectivity index (χ3v) is 5.14. The van der Waals surface area contributed by atoms with E-state index in [-0.39, 0.29) is 10.8 Å². The minimum atomic E-state index is -3.79. The molecule has 26 heavy (non-hydrogen) atoms. The SMILES string of the molecule is CCNC(=O)c1ccc(NS(=O)(=O)c2ccc3c(c2)OCCCO3)cc1. The topological polar surface area (TPSA) is 93.7 Å². The quantitative estimate of drug-likeness (QED) is 0.836. The summed E-state index contributed by atoms with van der Waals surface area (Å²) >= 11 is 0. The number of anilines is 1. The Labute approximate surface area is 152 Å². The highest BCUT2D eigenvalue weighted by Crippen LogP contribution is 2.32. The third kappa shape index (κ3) is 4.08. The van der Waals surface area contributed by atoms with Crippen molar-refractivity contribution < 1.29 is 22.7 Å². The number of fused-ring (bicyclic) bond motifs is 1. The van der Waals surface area contributed by atoms with Gasteiger partial charge in [0.25, 0.3) is 15.9 Å². The van der Waals surface area contributed by atoms with E-state index in [4.69, 9.17) is 9.47 Å². The van der Waals surface area contributed by atoms with Crippen LogP contribution < -0.4 is 19.5 Å². The number of carbonyl (C=O) groups is 1. The van der Waals surface area contributed by atoms with E-state index in [9.17, 15) is 13.2 Å². The molecule has 138 valence electrons. The van der Waals surface area contributed by atoms with Crippen LogP contribution in [0.4, 0.5) is 5.69 Å². The van der Waals surface area contributed by atoms with Gasteiger partial charge in [-0.3, -0.25) is 9.52 Å². The van der Waals surface area contributed by atoms with E-state index in [0.717, 1.165) is 6.42 Å². The Bertz CT molecular complexity index is 894. The van der Waals surface area contributed by atoms with Crippen molar-refractivity contribution in [2.24, 2.45) is 0 Å². The number of hydrogen-bond acceptors (Lipinski definition) is 5. The zero-order chi connectivity index (χ0) is 18.6. The Hall–Kier alpha value is -2.74. The molecular weight excluding hydrogens is 356 g/mol. The maximum absolute atomic E-state index is 12.6. The molecule has 1 aliphatic heterocycles. The van der Waals surface area contributed by atoms with Crippen LogP contribution in [-0.2, 0) is 10.0 Å². The van der Waals surface area contributed by atoms with Gasteiger partial charge in [0.1, 0.15) is 0 Å². The second-order valence-corrected chi connectivity index (χ2v) is 7.38. The first-order chi connectivity index (χ1) is 12.5. The minimum Gasteiger partial charge on any atom is -0.490 e. The Morgan fingerprint density at radius 1 is 1.04 bits per heavy atom. The minimum absolute atomic E-state index is 0.0783. The molecule has 0 bridgehead atoms. The molecular formula is C18H20N2O5S. The lowest BCUT2D eigenvalue weighted by Gasteiger charge is -2.12. The summed E-state index contributed by atoms with van der Waals surface area (Å²) in [6, 6.07) is 10.7. The summed E-state index contributed by atoms with van der Waals surface area (Å²) in [7, 11) is -3.79. The van der Waals surface area contributed by atoms with Crippen LogP contribution in [0.25, 0.3) is 0 Å². The summed E-state index contributed by atoms with van der Waals surface area (Å²) in [5.41, 5.74) is 0.829. The van der Waals surface area contributed by atoms with Crippen molar-refractivity contribution in [2.45, 2.75) is 18.2 Å². The molecule has 2 N–H and O–H groups in total. The molecule has 2 aromatic carbocycles. The van der Waals surface area contributed by atoms with Crippen LogP contribution in [-0.4, -0.2) is 34.1 Å². The van der Waals surface area contributed by atoms with E-state index in [0.29, 0.717) is 42.5 Å². The lowest BCUT2D eigenvalue weighted by Crippen LogP contribution is -2.22. The van der Waals surface area contributed by atoms with Crippen LogP contribution in [0.3, 0.4) is 0 Å². The molecule has 7 nitrogen and oxygen atoms in total. The maximum atomic E-state index is 12.6. The van der Waals surface area contributed by atoms with Crippen LogP contribution in [0.1, 0.15) is 23.7 Å². The molecule has 0 spiro atoms. The standard InChI is InChI=1S/C18H20N2O5S/c1-2-19-18(21)13-4-6-14(7-5-13)20-26(22,23)15-8-9-16-17(12-15)25-11-3-10-24-16/h4-9,12,20H,2-3,10-11H2,1H3,(H,19,21). The van der Waals surface area contributed by atoms with Crippen molar-refractivity contribution in [1.29, 1.82) is 0 Å². The predicted molar refractivity (Wildman–Crippen MR) is 97.3 cm³/mol. The van der Waals surface area contributed by atoms with E-state index < -0.39 is 10.0 Å². The highest BCUT2D eigenvalue weighted by atomic mass is 32.2. The van der Waals surface area contributed by atoms with Gasteiger partial charge >= 0.3 is 0 Å². The molecule has 3 rings (SSSR count). The van der Waals surface area contributed by atoms with E-state index in [1.54, 1.807) is 30.3 Å². The molecule has 8 heteroatoms. The molecule has 1 aliphatic rings. The number of sulfonamides is 1. The Morgan fingerprint density at radius 2 is 1.73 bits per heavy atom. The Balaban J connectivity index is 1.78. The number of carbonyl (C=O) groups excluding carboxylic acids is 1.